The molecule has 0 aliphatic carbocycles. The molecular formula is C13H10N2O2. The van der Waals surface area contributed by atoms with Crippen LogP contribution in [-0.2, 0) is 6.42 Å². The first-order valence-electron chi connectivity index (χ1n) is 5.29. The molecule has 0 bridgehead atoms. The van der Waals surface area contributed by atoms with Crippen LogP contribution in [0.4, 0.5) is 0 Å². The van der Waals surface area contributed by atoms with E-state index in [1.54, 1.807) is 24.9 Å². The molecule has 17 heavy (non-hydrogen) atoms. The van der Waals surface area contributed by atoms with Gasteiger partial charge in [-0.15, -0.1) is 0 Å². The van der Waals surface area contributed by atoms with E-state index >= 15 is 0 Å². The molecule has 2 heterocycles. The average molecular weight is 226 g/mol. The van der Waals surface area contributed by atoms with Gasteiger partial charge in [0.1, 0.15) is 12.5 Å². The highest BCUT2D eigenvalue weighted by atomic mass is 16.3. The van der Waals surface area contributed by atoms with E-state index in [0.717, 1.165) is 11.1 Å². The summed E-state index contributed by atoms with van der Waals surface area (Å²) in [6, 6.07) is 7.99. The second-order valence-corrected chi connectivity index (χ2v) is 3.64. The zero-order valence-corrected chi connectivity index (χ0v) is 9.04. The molecular weight excluding hydrogens is 216 g/mol. The quantitative estimate of drug-likeness (QED) is 0.689. The highest BCUT2D eigenvalue weighted by Crippen LogP contribution is 2.18. The Morgan fingerprint density at radius 2 is 1.65 bits per heavy atom. The van der Waals surface area contributed by atoms with E-state index in [-0.39, 0.29) is 0 Å². The lowest BCUT2D eigenvalue weighted by Crippen LogP contribution is -1.88. The molecule has 0 saturated heterocycles. The predicted octanol–water partition coefficient (Wildman–Crippen LogP) is 2.92. The van der Waals surface area contributed by atoms with Gasteiger partial charge < -0.3 is 8.83 Å². The van der Waals surface area contributed by atoms with Gasteiger partial charge in [0.15, 0.2) is 5.89 Å². The summed E-state index contributed by atoms with van der Waals surface area (Å²) in [6.45, 7) is 0. The van der Waals surface area contributed by atoms with Crippen molar-refractivity contribution in [3.8, 4) is 11.5 Å². The van der Waals surface area contributed by atoms with Gasteiger partial charge in [-0.1, -0.05) is 12.1 Å². The topological polar surface area (TPSA) is 52.1 Å². The Labute approximate surface area is 97.9 Å². The van der Waals surface area contributed by atoms with E-state index in [0.29, 0.717) is 18.2 Å². The maximum Gasteiger partial charge on any atom is 0.225 e. The first kappa shape index (κ1) is 9.84. The second-order valence-electron chi connectivity index (χ2n) is 3.64. The van der Waals surface area contributed by atoms with Gasteiger partial charge in [-0.05, 0) is 17.7 Å². The summed E-state index contributed by atoms with van der Waals surface area (Å²) in [7, 11) is 0. The van der Waals surface area contributed by atoms with Gasteiger partial charge in [-0.3, -0.25) is 0 Å². The van der Waals surface area contributed by atoms with Crippen LogP contribution in [0.2, 0.25) is 0 Å². The summed E-state index contributed by atoms with van der Waals surface area (Å²) >= 11 is 0. The number of hydrogen-bond donors (Lipinski definition) is 0. The third-order valence-corrected chi connectivity index (χ3v) is 2.47. The molecule has 0 atom stereocenters. The monoisotopic (exact) mass is 226 g/mol. The minimum Gasteiger partial charge on any atom is -0.449 e. The zero-order chi connectivity index (χ0) is 11.5. The normalized spacial score (nSPS) is 10.6. The number of hydrogen-bond acceptors (Lipinski definition) is 4. The largest absolute Gasteiger partial charge is 0.449 e. The standard InChI is InChI=1S/C13H10N2O2/c1-3-11(13-15-6-8-17-13)4-2-10(1)9-12-14-5-7-16-12/h1-8H,9H2. The Kier molecular flexibility index (Phi) is 2.46. The Bertz CT molecular complexity index is 568. The van der Waals surface area contributed by atoms with Crippen LogP contribution in [0.15, 0.2) is 58.0 Å². The Hall–Kier alpha value is -2.36. The van der Waals surface area contributed by atoms with Crippen molar-refractivity contribution in [2.75, 3.05) is 0 Å². The molecule has 0 N–H and O–H groups in total. The lowest BCUT2D eigenvalue weighted by molar-refractivity contribution is 0.507. The molecule has 0 saturated carbocycles. The minimum atomic E-state index is 0.632. The van der Waals surface area contributed by atoms with E-state index in [4.69, 9.17) is 8.83 Å². The van der Waals surface area contributed by atoms with Crippen molar-refractivity contribution >= 4 is 0 Å². The van der Waals surface area contributed by atoms with Gasteiger partial charge in [-0.25, -0.2) is 9.97 Å². The molecule has 0 amide bonds. The number of rotatable bonds is 3. The molecule has 0 aliphatic heterocycles. The van der Waals surface area contributed by atoms with Crippen LogP contribution in [0.3, 0.4) is 0 Å². The summed E-state index contributed by atoms with van der Waals surface area (Å²) in [4.78, 5) is 8.18. The van der Waals surface area contributed by atoms with Gasteiger partial charge in [0, 0.05) is 12.0 Å². The average Bonchev–Trinajstić information content (AvgIpc) is 3.01. The molecule has 3 rings (SSSR count). The van der Waals surface area contributed by atoms with Crippen molar-refractivity contribution < 1.29 is 8.83 Å². The number of oxazole rings is 2. The highest BCUT2D eigenvalue weighted by molar-refractivity contribution is 5.53. The molecule has 0 spiro atoms. The van der Waals surface area contributed by atoms with Crippen LogP contribution in [-0.4, -0.2) is 9.97 Å². The van der Waals surface area contributed by atoms with Crippen molar-refractivity contribution in [2.45, 2.75) is 6.42 Å². The molecule has 1 aromatic carbocycles. The van der Waals surface area contributed by atoms with Crippen molar-refractivity contribution in [3.63, 3.8) is 0 Å². The predicted molar refractivity (Wildman–Crippen MR) is 61.2 cm³/mol. The van der Waals surface area contributed by atoms with Gasteiger partial charge in [0.05, 0.1) is 12.4 Å². The molecule has 4 nitrogen and oxygen atoms in total. The number of nitrogens with zero attached hydrogens (tertiary/aromatic N) is 2. The van der Waals surface area contributed by atoms with Crippen molar-refractivity contribution in [1.29, 1.82) is 0 Å². The summed E-state index contributed by atoms with van der Waals surface area (Å²) in [6.07, 6.45) is 7.12. The van der Waals surface area contributed by atoms with Crippen LogP contribution in [0.1, 0.15) is 11.5 Å². The molecule has 3 aromatic rings. The van der Waals surface area contributed by atoms with E-state index in [1.165, 1.54) is 0 Å². The van der Waals surface area contributed by atoms with Gasteiger partial charge >= 0.3 is 0 Å². The Balaban J connectivity index is 1.81. The first-order chi connectivity index (χ1) is 8.42. The lowest BCUT2D eigenvalue weighted by atomic mass is 10.1. The third-order valence-electron chi connectivity index (χ3n) is 2.47. The lowest BCUT2D eigenvalue weighted by Gasteiger charge is -1.99. The van der Waals surface area contributed by atoms with Gasteiger partial charge in [-0.2, -0.15) is 0 Å². The fraction of sp³-hybridized carbons (Fsp3) is 0.0769. The summed E-state index contributed by atoms with van der Waals surface area (Å²) in [5.74, 6) is 1.35. The molecule has 84 valence electrons. The highest BCUT2D eigenvalue weighted by Gasteiger charge is 2.03. The second kappa shape index (κ2) is 4.25. The Morgan fingerprint density at radius 3 is 2.29 bits per heavy atom. The molecule has 0 radical (unpaired) electrons. The summed E-state index contributed by atoms with van der Waals surface area (Å²) in [5, 5.41) is 0. The molecule has 0 fully saturated rings. The smallest absolute Gasteiger partial charge is 0.225 e. The van der Waals surface area contributed by atoms with E-state index in [9.17, 15) is 0 Å². The minimum absolute atomic E-state index is 0.632. The zero-order valence-electron chi connectivity index (χ0n) is 9.04. The van der Waals surface area contributed by atoms with E-state index in [1.807, 2.05) is 24.3 Å². The van der Waals surface area contributed by atoms with Crippen LogP contribution >= 0.6 is 0 Å². The van der Waals surface area contributed by atoms with Crippen LogP contribution < -0.4 is 0 Å². The third kappa shape index (κ3) is 2.10. The van der Waals surface area contributed by atoms with E-state index in [2.05, 4.69) is 9.97 Å². The number of benzene rings is 1. The summed E-state index contributed by atoms with van der Waals surface area (Å²) < 4.78 is 10.4. The Morgan fingerprint density at radius 1 is 0.882 bits per heavy atom. The van der Waals surface area contributed by atoms with Gasteiger partial charge in [0.25, 0.3) is 0 Å². The molecule has 0 unspecified atom stereocenters. The van der Waals surface area contributed by atoms with Crippen LogP contribution in [0, 0.1) is 0 Å². The number of aromatic nitrogens is 2. The first-order valence-corrected chi connectivity index (χ1v) is 5.29. The fourth-order valence-corrected chi connectivity index (χ4v) is 1.65. The SMILES string of the molecule is c1coc(Cc2ccc(-c3ncco3)cc2)n1. The maximum absolute atomic E-state index is 5.22. The van der Waals surface area contributed by atoms with Crippen molar-refractivity contribution in [3.05, 3.63) is 60.6 Å². The van der Waals surface area contributed by atoms with Gasteiger partial charge in [0.2, 0.25) is 5.89 Å². The summed E-state index contributed by atoms with van der Waals surface area (Å²) in [5.41, 5.74) is 2.11. The van der Waals surface area contributed by atoms with Crippen LogP contribution in [0.25, 0.3) is 11.5 Å². The maximum atomic E-state index is 5.22. The molecule has 0 aliphatic rings. The fourth-order valence-electron chi connectivity index (χ4n) is 1.65. The van der Waals surface area contributed by atoms with Crippen molar-refractivity contribution in [2.24, 2.45) is 0 Å². The van der Waals surface area contributed by atoms with E-state index < -0.39 is 0 Å². The molecule has 2 aromatic heterocycles. The molecule has 4 heteroatoms. The van der Waals surface area contributed by atoms with Crippen molar-refractivity contribution in [1.82, 2.24) is 9.97 Å². The van der Waals surface area contributed by atoms with Crippen LogP contribution in [0.5, 0.6) is 0 Å².